The fourth-order valence-electron chi connectivity index (χ4n) is 0.849. The largest absolute Gasteiger partial charge is 0.492 e. The predicted octanol–water partition coefficient (Wildman–Crippen LogP) is 1.35. The molecule has 1 rings (SSSR count). The summed E-state index contributed by atoms with van der Waals surface area (Å²) in [7, 11) is 0. The molecule has 0 aliphatic carbocycles. The molecule has 0 unspecified atom stereocenters. The molecule has 66 valence electrons. The highest BCUT2D eigenvalue weighted by Crippen LogP contribution is 2.10. The van der Waals surface area contributed by atoms with Crippen molar-refractivity contribution < 1.29 is 9.94 Å². The fraction of sp³-hybridized carbons (Fsp3) is 0.333. The summed E-state index contributed by atoms with van der Waals surface area (Å²) in [5, 5.41) is 8.26. The zero-order valence-electron chi connectivity index (χ0n) is 7.08. The van der Waals surface area contributed by atoms with E-state index in [0.717, 1.165) is 5.75 Å². The van der Waals surface area contributed by atoms with Crippen LogP contribution in [0.4, 0.5) is 0 Å². The third-order valence-electron chi connectivity index (χ3n) is 1.50. The van der Waals surface area contributed by atoms with Crippen LogP contribution in [0.25, 0.3) is 0 Å². The van der Waals surface area contributed by atoms with Crippen molar-refractivity contribution in [3.8, 4) is 5.75 Å². The summed E-state index contributed by atoms with van der Waals surface area (Å²) < 4.78 is 5.28. The zero-order chi connectivity index (χ0) is 8.81. The lowest BCUT2D eigenvalue weighted by Crippen LogP contribution is -2.16. The standard InChI is InChI=1S/C9H13NO2/c1-8-2-4-9(5-3-8)12-7-6-10-11/h2-5,10-11H,6-7H2,1H3. The molecule has 0 fully saturated rings. The van der Waals surface area contributed by atoms with Crippen molar-refractivity contribution in [2.45, 2.75) is 6.92 Å². The van der Waals surface area contributed by atoms with Crippen LogP contribution in [0.15, 0.2) is 24.3 Å². The van der Waals surface area contributed by atoms with E-state index in [2.05, 4.69) is 0 Å². The van der Waals surface area contributed by atoms with E-state index in [1.54, 1.807) is 0 Å². The second-order valence-electron chi connectivity index (χ2n) is 2.57. The SMILES string of the molecule is Cc1ccc(OCCNO)cc1. The van der Waals surface area contributed by atoms with Gasteiger partial charge in [0.15, 0.2) is 0 Å². The molecule has 0 aromatic heterocycles. The van der Waals surface area contributed by atoms with E-state index in [1.165, 1.54) is 5.56 Å². The van der Waals surface area contributed by atoms with Gasteiger partial charge in [-0.25, -0.2) is 5.48 Å². The van der Waals surface area contributed by atoms with Crippen molar-refractivity contribution in [3.63, 3.8) is 0 Å². The normalized spacial score (nSPS) is 9.83. The molecule has 0 bridgehead atoms. The van der Waals surface area contributed by atoms with E-state index in [0.29, 0.717) is 13.2 Å². The van der Waals surface area contributed by atoms with E-state index in [9.17, 15) is 0 Å². The van der Waals surface area contributed by atoms with Crippen molar-refractivity contribution in [1.29, 1.82) is 0 Å². The molecule has 0 radical (unpaired) electrons. The van der Waals surface area contributed by atoms with Crippen LogP contribution in [0.1, 0.15) is 5.56 Å². The van der Waals surface area contributed by atoms with Gasteiger partial charge < -0.3 is 9.94 Å². The molecule has 3 heteroatoms. The Morgan fingerprint density at radius 3 is 2.58 bits per heavy atom. The van der Waals surface area contributed by atoms with Gasteiger partial charge in [-0.1, -0.05) is 17.7 Å². The van der Waals surface area contributed by atoms with E-state index in [1.807, 2.05) is 36.7 Å². The van der Waals surface area contributed by atoms with Crippen molar-refractivity contribution in [1.82, 2.24) is 5.48 Å². The Kier molecular flexibility index (Phi) is 3.57. The Hall–Kier alpha value is -1.06. The van der Waals surface area contributed by atoms with Gasteiger partial charge in [0.05, 0.1) is 6.54 Å². The topological polar surface area (TPSA) is 41.5 Å². The lowest BCUT2D eigenvalue weighted by molar-refractivity contribution is 0.145. The number of rotatable bonds is 4. The summed E-state index contributed by atoms with van der Waals surface area (Å²) >= 11 is 0. The average molecular weight is 167 g/mol. The molecular weight excluding hydrogens is 154 g/mol. The fourth-order valence-corrected chi connectivity index (χ4v) is 0.849. The number of benzene rings is 1. The number of nitrogens with one attached hydrogen (secondary N) is 1. The minimum Gasteiger partial charge on any atom is -0.492 e. The Morgan fingerprint density at radius 2 is 2.00 bits per heavy atom. The van der Waals surface area contributed by atoms with Gasteiger partial charge in [-0.3, -0.25) is 0 Å². The molecule has 0 saturated heterocycles. The number of hydroxylamine groups is 1. The second kappa shape index (κ2) is 4.74. The molecule has 1 aromatic rings. The average Bonchev–Trinajstić information content (AvgIpc) is 2.09. The summed E-state index contributed by atoms with van der Waals surface area (Å²) in [6.45, 7) is 2.94. The maximum absolute atomic E-state index is 8.26. The summed E-state index contributed by atoms with van der Waals surface area (Å²) in [6.07, 6.45) is 0. The van der Waals surface area contributed by atoms with Crippen molar-refractivity contribution in [3.05, 3.63) is 29.8 Å². The van der Waals surface area contributed by atoms with Gasteiger partial charge in [0.2, 0.25) is 0 Å². The molecular formula is C9H13NO2. The van der Waals surface area contributed by atoms with E-state index in [-0.39, 0.29) is 0 Å². The Balaban J connectivity index is 2.37. The lowest BCUT2D eigenvalue weighted by atomic mass is 10.2. The smallest absolute Gasteiger partial charge is 0.119 e. The summed E-state index contributed by atoms with van der Waals surface area (Å²) in [5.41, 5.74) is 3.24. The molecule has 3 nitrogen and oxygen atoms in total. The van der Waals surface area contributed by atoms with Gasteiger partial charge in [0, 0.05) is 0 Å². The monoisotopic (exact) mass is 167 g/mol. The van der Waals surface area contributed by atoms with E-state index in [4.69, 9.17) is 9.94 Å². The van der Waals surface area contributed by atoms with Crippen molar-refractivity contribution in [2.75, 3.05) is 13.2 Å². The molecule has 0 aliphatic heterocycles. The van der Waals surface area contributed by atoms with Crippen LogP contribution in [-0.2, 0) is 0 Å². The first-order valence-corrected chi connectivity index (χ1v) is 3.89. The van der Waals surface area contributed by atoms with E-state index >= 15 is 0 Å². The summed E-state index contributed by atoms with van der Waals surface area (Å²) in [4.78, 5) is 0. The lowest BCUT2D eigenvalue weighted by Gasteiger charge is -2.04. The number of hydrogen-bond acceptors (Lipinski definition) is 3. The highest BCUT2D eigenvalue weighted by atomic mass is 16.5. The summed E-state index contributed by atoms with van der Waals surface area (Å²) in [5.74, 6) is 0.829. The Morgan fingerprint density at radius 1 is 1.33 bits per heavy atom. The molecule has 0 heterocycles. The highest BCUT2D eigenvalue weighted by Gasteiger charge is 1.91. The third kappa shape index (κ3) is 2.90. The Labute approximate surface area is 71.9 Å². The van der Waals surface area contributed by atoms with Gasteiger partial charge in [0.25, 0.3) is 0 Å². The minimum absolute atomic E-state index is 0.438. The number of hydrogen-bond donors (Lipinski definition) is 2. The third-order valence-corrected chi connectivity index (χ3v) is 1.50. The molecule has 0 saturated carbocycles. The van der Waals surface area contributed by atoms with Crippen LogP contribution in [-0.4, -0.2) is 18.4 Å². The zero-order valence-corrected chi connectivity index (χ0v) is 7.08. The molecule has 2 N–H and O–H groups in total. The molecule has 0 aliphatic rings. The van der Waals surface area contributed by atoms with Gasteiger partial charge in [-0.2, -0.15) is 0 Å². The van der Waals surface area contributed by atoms with Crippen LogP contribution < -0.4 is 10.2 Å². The van der Waals surface area contributed by atoms with E-state index < -0.39 is 0 Å². The van der Waals surface area contributed by atoms with Crippen molar-refractivity contribution >= 4 is 0 Å². The maximum atomic E-state index is 8.26. The maximum Gasteiger partial charge on any atom is 0.119 e. The molecule has 0 atom stereocenters. The van der Waals surface area contributed by atoms with Crippen LogP contribution in [0.5, 0.6) is 5.75 Å². The van der Waals surface area contributed by atoms with Crippen molar-refractivity contribution in [2.24, 2.45) is 0 Å². The van der Waals surface area contributed by atoms with Crippen LogP contribution in [0.3, 0.4) is 0 Å². The Bertz CT molecular complexity index is 220. The number of aryl methyl sites for hydroxylation is 1. The van der Waals surface area contributed by atoms with Crippen LogP contribution in [0, 0.1) is 6.92 Å². The van der Waals surface area contributed by atoms with Gasteiger partial charge in [-0.15, -0.1) is 0 Å². The van der Waals surface area contributed by atoms with Crippen LogP contribution >= 0.6 is 0 Å². The highest BCUT2D eigenvalue weighted by molar-refractivity contribution is 5.26. The van der Waals surface area contributed by atoms with Crippen LogP contribution in [0.2, 0.25) is 0 Å². The van der Waals surface area contributed by atoms with Gasteiger partial charge >= 0.3 is 0 Å². The predicted molar refractivity (Wildman–Crippen MR) is 46.5 cm³/mol. The summed E-state index contributed by atoms with van der Waals surface area (Å²) in [6, 6.07) is 7.79. The molecule has 0 spiro atoms. The molecule has 0 amide bonds. The second-order valence-corrected chi connectivity index (χ2v) is 2.57. The first-order valence-electron chi connectivity index (χ1n) is 3.89. The molecule has 12 heavy (non-hydrogen) atoms. The number of ether oxygens (including phenoxy) is 1. The first kappa shape index (κ1) is 9.03. The quantitative estimate of drug-likeness (QED) is 0.525. The molecule has 1 aromatic carbocycles. The first-order chi connectivity index (χ1) is 5.83. The van der Waals surface area contributed by atoms with Gasteiger partial charge in [-0.05, 0) is 19.1 Å². The van der Waals surface area contributed by atoms with Gasteiger partial charge in [0.1, 0.15) is 12.4 Å². The minimum atomic E-state index is 0.438.